The Labute approximate surface area is 90.9 Å². The molecule has 4 nitrogen and oxygen atoms in total. The molecule has 1 aliphatic carbocycles. The van der Waals surface area contributed by atoms with Crippen LogP contribution in [0.1, 0.15) is 56.2 Å². The van der Waals surface area contributed by atoms with Crippen molar-refractivity contribution in [2.75, 3.05) is 6.54 Å². The van der Waals surface area contributed by atoms with E-state index in [4.69, 9.17) is 5.73 Å². The second-order valence-electron chi connectivity index (χ2n) is 4.43. The first-order valence-electron chi connectivity index (χ1n) is 5.89. The number of aryl methyl sites for hydroxylation is 1. The summed E-state index contributed by atoms with van der Waals surface area (Å²) in [7, 11) is 0. The van der Waals surface area contributed by atoms with Gasteiger partial charge < -0.3 is 10.3 Å². The first-order valence-corrected chi connectivity index (χ1v) is 5.89. The van der Waals surface area contributed by atoms with Gasteiger partial charge in [0.2, 0.25) is 0 Å². The van der Waals surface area contributed by atoms with E-state index in [1.807, 2.05) is 6.92 Å². The van der Waals surface area contributed by atoms with Crippen molar-refractivity contribution in [3.05, 3.63) is 11.6 Å². The number of rotatable bonds is 5. The maximum Gasteiger partial charge on any atom is 0.137 e. The Bertz CT molecular complexity index is 327. The third-order valence-corrected chi connectivity index (χ3v) is 3.09. The minimum atomic E-state index is 0.386. The molecule has 0 bridgehead atoms. The fourth-order valence-corrected chi connectivity index (χ4v) is 2.15. The summed E-state index contributed by atoms with van der Waals surface area (Å²) in [6.07, 6.45) is 4.81. The van der Waals surface area contributed by atoms with Gasteiger partial charge in [-0.2, -0.15) is 0 Å². The molecule has 0 aliphatic heterocycles. The van der Waals surface area contributed by atoms with Crippen LogP contribution in [0.15, 0.2) is 0 Å². The number of hydrogen-bond acceptors (Lipinski definition) is 3. The Morgan fingerprint density at radius 1 is 1.47 bits per heavy atom. The van der Waals surface area contributed by atoms with E-state index in [0.717, 1.165) is 24.5 Å². The Kier molecular flexibility index (Phi) is 3.05. The summed E-state index contributed by atoms with van der Waals surface area (Å²) < 4.78 is 2.30. The Hall–Kier alpha value is -0.900. The minimum Gasteiger partial charge on any atom is -0.330 e. The molecule has 2 rings (SSSR count). The van der Waals surface area contributed by atoms with Crippen LogP contribution in [0.3, 0.4) is 0 Å². The molecule has 1 heterocycles. The Balaban J connectivity index is 2.25. The van der Waals surface area contributed by atoms with Crippen LogP contribution in [-0.2, 0) is 0 Å². The molecule has 1 atom stereocenters. The van der Waals surface area contributed by atoms with Crippen LogP contribution in [0.25, 0.3) is 0 Å². The second kappa shape index (κ2) is 4.31. The molecular weight excluding hydrogens is 188 g/mol. The highest BCUT2D eigenvalue weighted by Gasteiger charge is 2.30. The van der Waals surface area contributed by atoms with E-state index in [2.05, 4.69) is 21.7 Å². The van der Waals surface area contributed by atoms with Gasteiger partial charge in [-0.05, 0) is 26.2 Å². The summed E-state index contributed by atoms with van der Waals surface area (Å²) in [4.78, 5) is 0. The largest absolute Gasteiger partial charge is 0.330 e. The third-order valence-electron chi connectivity index (χ3n) is 3.09. The zero-order valence-corrected chi connectivity index (χ0v) is 9.61. The van der Waals surface area contributed by atoms with Gasteiger partial charge in [-0.3, -0.25) is 0 Å². The van der Waals surface area contributed by atoms with Crippen molar-refractivity contribution in [3.63, 3.8) is 0 Å². The van der Waals surface area contributed by atoms with E-state index in [1.165, 1.54) is 12.8 Å². The lowest BCUT2D eigenvalue weighted by molar-refractivity contribution is 0.541. The lowest BCUT2D eigenvalue weighted by atomic mass is 10.0. The summed E-state index contributed by atoms with van der Waals surface area (Å²) >= 11 is 0. The molecule has 0 spiro atoms. The summed E-state index contributed by atoms with van der Waals surface area (Å²) in [6, 6.07) is 0.654. The Morgan fingerprint density at radius 3 is 2.73 bits per heavy atom. The maximum absolute atomic E-state index is 5.81. The second-order valence-corrected chi connectivity index (χ2v) is 4.43. The summed E-state index contributed by atoms with van der Waals surface area (Å²) in [5.74, 6) is 2.54. The van der Waals surface area contributed by atoms with E-state index in [9.17, 15) is 0 Å². The fourth-order valence-electron chi connectivity index (χ4n) is 2.15. The number of nitrogens with two attached hydrogens (primary N) is 1. The van der Waals surface area contributed by atoms with Crippen molar-refractivity contribution in [2.24, 2.45) is 5.73 Å². The van der Waals surface area contributed by atoms with Gasteiger partial charge in [0.1, 0.15) is 11.6 Å². The molecule has 0 saturated heterocycles. The summed E-state index contributed by atoms with van der Waals surface area (Å²) in [5.41, 5.74) is 5.81. The third kappa shape index (κ3) is 2.04. The lowest BCUT2D eigenvalue weighted by Crippen LogP contribution is -2.17. The minimum absolute atomic E-state index is 0.386. The highest BCUT2D eigenvalue weighted by Crippen LogP contribution is 2.38. The SMILES string of the molecule is CCCC(CN)c1nnc(C)n1C1CC1. The Morgan fingerprint density at radius 2 is 2.20 bits per heavy atom. The van der Waals surface area contributed by atoms with E-state index < -0.39 is 0 Å². The van der Waals surface area contributed by atoms with Crippen LogP contribution < -0.4 is 5.73 Å². The molecule has 4 heteroatoms. The van der Waals surface area contributed by atoms with Crippen molar-refractivity contribution in [3.8, 4) is 0 Å². The topological polar surface area (TPSA) is 56.7 Å². The average Bonchev–Trinajstić information content (AvgIpc) is 2.99. The predicted octanol–water partition coefficient (Wildman–Crippen LogP) is 1.76. The molecule has 0 amide bonds. The molecule has 1 saturated carbocycles. The van der Waals surface area contributed by atoms with Crippen LogP contribution >= 0.6 is 0 Å². The number of hydrogen-bond donors (Lipinski definition) is 1. The monoisotopic (exact) mass is 208 g/mol. The highest BCUT2D eigenvalue weighted by atomic mass is 15.3. The van der Waals surface area contributed by atoms with Gasteiger partial charge in [0.05, 0.1) is 0 Å². The van der Waals surface area contributed by atoms with Crippen LogP contribution in [0.5, 0.6) is 0 Å². The van der Waals surface area contributed by atoms with Gasteiger partial charge >= 0.3 is 0 Å². The van der Waals surface area contributed by atoms with E-state index >= 15 is 0 Å². The van der Waals surface area contributed by atoms with Gasteiger partial charge in [0.25, 0.3) is 0 Å². The molecule has 0 aromatic carbocycles. The van der Waals surface area contributed by atoms with E-state index in [1.54, 1.807) is 0 Å². The van der Waals surface area contributed by atoms with Gasteiger partial charge in [-0.15, -0.1) is 10.2 Å². The summed E-state index contributed by atoms with van der Waals surface area (Å²) in [5, 5.41) is 8.49. The zero-order valence-electron chi connectivity index (χ0n) is 9.61. The standard InChI is InChI=1S/C11H20N4/c1-3-4-9(7-12)11-14-13-8(2)15(11)10-5-6-10/h9-10H,3-7,12H2,1-2H3. The molecule has 1 aromatic heterocycles. The smallest absolute Gasteiger partial charge is 0.137 e. The quantitative estimate of drug-likeness (QED) is 0.802. The molecular formula is C11H20N4. The van der Waals surface area contributed by atoms with Crippen LogP contribution in [-0.4, -0.2) is 21.3 Å². The van der Waals surface area contributed by atoms with Crippen molar-refractivity contribution < 1.29 is 0 Å². The molecule has 0 radical (unpaired) electrons. The summed E-state index contributed by atoms with van der Waals surface area (Å²) in [6.45, 7) is 4.90. The highest BCUT2D eigenvalue weighted by molar-refractivity contribution is 5.06. The molecule has 1 unspecified atom stereocenters. The normalized spacial score (nSPS) is 18.1. The molecule has 1 fully saturated rings. The van der Waals surface area contributed by atoms with E-state index in [0.29, 0.717) is 18.5 Å². The van der Waals surface area contributed by atoms with Gasteiger partial charge in [-0.1, -0.05) is 13.3 Å². The van der Waals surface area contributed by atoms with Crippen LogP contribution in [0, 0.1) is 6.92 Å². The van der Waals surface area contributed by atoms with Crippen LogP contribution in [0.2, 0.25) is 0 Å². The van der Waals surface area contributed by atoms with Crippen LogP contribution in [0.4, 0.5) is 0 Å². The molecule has 15 heavy (non-hydrogen) atoms. The first-order chi connectivity index (χ1) is 7.27. The van der Waals surface area contributed by atoms with Crippen molar-refractivity contribution >= 4 is 0 Å². The molecule has 1 aromatic rings. The molecule has 1 aliphatic rings. The maximum atomic E-state index is 5.81. The van der Waals surface area contributed by atoms with Crippen molar-refractivity contribution in [1.29, 1.82) is 0 Å². The van der Waals surface area contributed by atoms with E-state index in [-0.39, 0.29) is 0 Å². The predicted molar refractivity (Wildman–Crippen MR) is 59.7 cm³/mol. The van der Waals surface area contributed by atoms with Crippen molar-refractivity contribution in [1.82, 2.24) is 14.8 Å². The first kappa shape index (κ1) is 10.6. The van der Waals surface area contributed by atoms with Gasteiger partial charge in [0, 0.05) is 18.5 Å². The lowest BCUT2D eigenvalue weighted by Gasteiger charge is -2.15. The zero-order chi connectivity index (χ0) is 10.8. The average molecular weight is 208 g/mol. The molecule has 84 valence electrons. The number of nitrogens with zero attached hydrogens (tertiary/aromatic N) is 3. The molecule has 2 N–H and O–H groups in total. The van der Waals surface area contributed by atoms with Crippen molar-refractivity contribution in [2.45, 2.75) is 51.5 Å². The fraction of sp³-hybridized carbons (Fsp3) is 0.818. The van der Waals surface area contributed by atoms with Gasteiger partial charge in [0.15, 0.2) is 0 Å². The van der Waals surface area contributed by atoms with Gasteiger partial charge in [-0.25, -0.2) is 0 Å². The number of aromatic nitrogens is 3.